The number of fused-ring (bicyclic) bond motifs is 2. The Kier molecular flexibility index (Phi) is 3.70. The number of ether oxygens (including phenoxy) is 3. The second-order valence-corrected chi connectivity index (χ2v) is 8.35. The van der Waals surface area contributed by atoms with Gasteiger partial charge in [-0.1, -0.05) is 24.3 Å². The van der Waals surface area contributed by atoms with Crippen LogP contribution in [0.1, 0.15) is 36.8 Å². The van der Waals surface area contributed by atoms with E-state index < -0.39 is 5.79 Å². The minimum Gasteiger partial charge on any atom is -0.496 e. The SMILES string of the molecule is COc1ccc([C@]23CCN(C)[C@H]2CC2(CC3)Oc3ccccc3O2)cc1C. The van der Waals surface area contributed by atoms with Gasteiger partial charge in [-0.15, -0.1) is 0 Å². The number of methoxy groups -OCH3 is 1. The summed E-state index contributed by atoms with van der Waals surface area (Å²) >= 11 is 0. The van der Waals surface area contributed by atoms with E-state index in [4.69, 9.17) is 14.2 Å². The smallest absolute Gasteiger partial charge is 0.253 e. The van der Waals surface area contributed by atoms with Crippen LogP contribution in [-0.2, 0) is 5.41 Å². The Morgan fingerprint density at radius 3 is 2.44 bits per heavy atom. The minimum atomic E-state index is -0.516. The first-order valence-corrected chi connectivity index (χ1v) is 9.88. The fourth-order valence-corrected chi connectivity index (χ4v) is 5.47. The molecule has 0 unspecified atom stereocenters. The molecule has 0 aromatic heterocycles. The highest BCUT2D eigenvalue weighted by molar-refractivity contribution is 5.45. The van der Waals surface area contributed by atoms with Gasteiger partial charge in [-0.3, -0.25) is 0 Å². The fraction of sp³-hybridized carbons (Fsp3) is 0.478. The van der Waals surface area contributed by atoms with E-state index in [2.05, 4.69) is 37.1 Å². The van der Waals surface area contributed by atoms with Crippen molar-refractivity contribution in [3.05, 3.63) is 53.6 Å². The van der Waals surface area contributed by atoms with Gasteiger partial charge in [0, 0.05) is 24.3 Å². The van der Waals surface area contributed by atoms with Crippen molar-refractivity contribution in [1.29, 1.82) is 0 Å². The van der Waals surface area contributed by atoms with Gasteiger partial charge in [0.15, 0.2) is 11.5 Å². The molecule has 2 heterocycles. The van der Waals surface area contributed by atoms with Gasteiger partial charge in [-0.2, -0.15) is 0 Å². The summed E-state index contributed by atoms with van der Waals surface area (Å²) in [5.74, 6) is 2.21. The number of nitrogens with zero attached hydrogens (tertiary/aromatic N) is 1. The summed E-state index contributed by atoms with van der Waals surface area (Å²) < 4.78 is 18.2. The zero-order valence-corrected chi connectivity index (χ0v) is 16.3. The summed E-state index contributed by atoms with van der Waals surface area (Å²) in [7, 11) is 3.98. The molecule has 4 nitrogen and oxygen atoms in total. The first kappa shape index (κ1) is 16.9. The molecule has 2 aliphatic heterocycles. The Labute approximate surface area is 161 Å². The van der Waals surface area contributed by atoms with Crippen LogP contribution in [0.5, 0.6) is 17.2 Å². The zero-order chi connectivity index (χ0) is 18.6. The Morgan fingerprint density at radius 1 is 1.04 bits per heavy atom. The molecule has 2 aromatic carbocycles. The van der Waals surface area contributed by atoms with Gasteiger partial charge in [-0.25, -0.2) is 0 Å². The lowest BCUT2D eigenvalue weighted by Gasteiger charge is -2.47. The average Bonchev–Trinajstić information content (AvgIpc) is 3.20. The van der Waals surface area contributed by atoms with Crippen molar-refractivity contribution in [3.8, 4) is 17.2 Å². The van der Waals surface area contributed by atoms with Crippen LogP contribution in [0.4, 0.5) is 0 Å². The van der Waals surface area contributed by atoms with Crippen LogP contribution in [0.15, 0.2) is 42.5 Å². The lowest BCUT2D eigenvalue weighted by Crippen LogP contribution is -2.55. The summed E-state index contributed by atoms with van der Waals surface area (Å²) in [5, 5.41) is 0. The molecule has 2 aromatic rings. The average molecular weight is 365 g/mol. The fourth-order valence-electron chi connectivity index (χ4n) is 5.47. The minimum absolute atomic E-state index is 0.165. The van der Waals surface area contributed by atoms with Gasteiger partial charge in [-0.05, 0) is 62.7 Å². The molecular formula is C23H27NO3. The third kappa shape index (κ3) is 2.46. The van der Waals surface area contributed by atoms with Crippen LogP contribution in [0.3, 0.4) is 0 Å². The molecule has 1 aliphatic carbocycles. The molecule has 2 fully saturated rings. The van der Waals surface area contributed by atoms with Crippen LogP contribution in [0.25, 0.3) is 0 Å². The zero-order valence-electron chi connectivity index (χ0n) is 16.3. The van der Waals surface area contributed by atoms with E-state index in [1.54, 1.807) is 7.11 Å². The number of likely N-dealkylation sites (tertiary alicyclic amines) is 1. The van der Waals surface area contributed by atoms with Crippen LogP contribution in [0.2, 0.25) is 0 Å². The highest BCUT2D eigenvalue weighted by Gasteiger charge is 2.58. The number of hydrogen-bond acceptors (Lipinski definition) is 4. The molecule has 0 N–H and O–H groups in total. The molecule has 3 aliphatic rings. The molecule has 4 heteroatoms. The molecule has 5 rings (SSSR count). The third-order valence-corrected chi connectivity index (χ3v) is 6.95. The Morgan fingerprint density at radius 2 is 1.78 bits per heavy atom. The van der Waals surface area contributed by atoms with Crippen molar-refractivity contribution in [2.75, 3.05) is 20.7 Å². The van der Waals surface area contributed by atoms with Gasteiger partial charge in [0.2, 0.25) is 0 Å². The van der Waals surface area contributed by atoms with Crippen molar-refractivity contribution < 1.29 is 14.2 Å². The van der Waals surface area contributed by atoms with Gasteiger partial charge in [0.25, 0.3) is 5.79 Å². The monoisotopic (exact) mass is 365 g/mol. The number of aryl methyl sites for hydroxylation is 1. The molecule has 142 valence electrons. The third-order valence-electron chi connectivity index (χ3n) is 6.95. The largest absolute Gasteiger partial charge is 0.496 e. The first-order valence-electron chi connectivity index (χ1n) is 9.88. The molecule has 0 radical (unpaired) electrons. The van der Waals surface area contributed by atoms with Crippen molar-refractivity contribution in [3.63, 3.8) is 0 Å². The summed E-state index contributed by atoms with van der Waals surface area (Å²) in [6, 6.07) is 15.2. The molecule has 0 amide bonds. The second-order valence-electron chi connectivity index (χ2n) is 8.35. The lowest BCUT2D eigenvalue weighted by atomic mass is 9.64. The van der Waals surface area contributed by atoms with E-state index in [1.165, 1.54) is 17.5 Å². The van der Waals surface area contributed by atoms with Gasteiger partial charge >= 0.3 is 0 Å². The molecule has 1 saturated carbocycles. The van der Waals surface area contributed by atoms with Crippen molar-refractivity contribution in [1.82, 2.24) is 4.90 Å². The number of rotatable bonds is 2. The molecule has 2 atom stereocenters. The summed E-state index contributed by atoms with van der Waals surface area (Å²) in [6.07, 6.45) is 4.06. The molecule has 0 bridgehead atoms. The molecule has 1 spiro atoms. The number of hydrogen-bond donors (Lipinski definition) is 0. The maximum atomic E-state index is 6.36. The Balaban J connectivity index is 1.48. The van der Waals surface area contributed by atoms with Crippen LogP contribution in [-0.4, -0.2) is 37.4 Å². The lowest BCUT2D eigenvalue weighted by molar-refractivity contribution is -0.131. The van der Waals surface area contributed by atoms with Gasteiger partial charge < -0.3 is 19.1 Å². The molecule has 1 saturated heterocycles. The van der Waals surface area contributed by atoms with E-state index >= 15 is 0 Å². The quantitative estimate of drug-likeness (QED) is 0.794. The van der Waals surface area contributed by atoms with E-state index in [9.17, 15) is 0 Å². The topological polar surface area (TPSA) is 30.9 Å². The highest BCUT2D eigenvalue weighted by atomic mass is 16.7. The highest BCUT2D eigenvalue weighted by Crippen LogP contribution is 2.55. The number of likely N-dealkylation sites (N-methyl/N-ethyl adjacent to an activating group) is 1. The standard InChI is InChI=1S/C23H27NO3/c1-16-14-17(8-9-18(16)25-3)22-10-11-23(15-21(22)24(2)13-12-22)26-19-6-4-5-7-20(19)27-23/h4-9,14,21H,10-13,15H2,1-3H3/t21-,22-/m0/s1. The van der Waals surface area contributed by atoms with E-state index in [-0.39, 0.29) is 5.41 Å². The predicted octanol–water partition coefficient (Wildman–Crippen LogP) is 4.30. The Hall–Kier alpha value is -2.20. The molecular weight excluding hydrogens is 338 g/mol. The summed E-state index contributed by atoms with van der Waals surface area (Å²) in [6.45, 7) is 3.25. The second kappa shape index (κ2) is 5.90. The maximum absolute atomic E-state index is 6.36. The van der Waals surface area contributed by atoms with E-state index in [0.29, 0.717) is 6.04 Å². The first-order chi connectivity index (χ1) is 13.1. The van der Waals surface area contributed by atoms with Crippen LogP contribution in [0, 0.1) is 6.92 Å². The maximum Gasteiger partial charge on any atom is 0.253 e. The number of para-hydroxylation sites is 2. The Bertz CT molecular complexity index is 855. The predicted molar refractivity (Wildman–Crippen MR) is 105 cm³/mol. The normalized spacial score (nSPS) is 28.3. The van der Waals surface area contributed by atoms with E-state index in [1.807, 2.05) is 24.3 Å². The number of benzene rings is 2. The van der Waals surface area contributed by atoms with Gasteiger partial charge in [0.05, 0.1) is 7.11 Å². The van der Waals surface area contributed by atoms with Crippen LogP contribution >= 0.6 is 0 Å². The van der Waals surface area contributed by atoms with Crippen molar-refractivity contribution in [2.45, 2.75) is 49.9 Å². The van der Waals surface area contributed by atoms with Crippen molar-refractivity contribution in [2.24, 2.45) is 0 Å². The van der Waals surface area contributed by atoms with Crippen molar-refractivity contribution >= 4 is 0 Å². The molecule has 27 heavy (non-hydrogen) atoms. The van der Waals surface area contributed by atoms with Crippen LogP contribution < -0.4 is 14.2 Å². The summed E-state index contributed by atoms with van der Waals surface area (Å²) in [5.41, 5.74) is 2.80. The summed E-state index contributed by atoms with van der Waals surface area (Å²) in [4.78, 5) is 2.50. The van der Waals surface area contributed by atoms with Gasteiger partial charge in [0.1, 0.15) is 5.75 Å². The van der Waals surface area contributed by atoms with E-state index in [0.717, 1.165) is 43.1 Å².